The van der Waals surface area contributed by atoms with Crippen LogP contribution in [0.3, 0.4) is 0 Å². The molecule has 0 atom stereocenters. The SMILES string of the molecule is CCCCCC(=O)c1cccc(OC(O)(O)Cl)c1. The number of carbonyl (C=O) groups is 1. The molecule has 0 amide bonds. The van der Waals surface area contributed by atoms with Crippen LogP contribution >= 0.6 is 11.6 Å². The summed E-state index contributed by atoms with van der Waals surface area (Å²) in [7, 11) is 0. The Labute approximate surface area is 111 Å². The Morgan fingerprint density at radius 1 is 1.39 bits per heavy atom. The molecular formula is C13H17ClO4. The molecule has 0 aliphatic heterocycles. The first-order chi connectivity index (χ1) is 8.42. The van der Waals surface area contributed by atoms with E-state index < -0.39 is 5.43 Å². The van der Waals surface area contributed by atoms with Crippen LogP contribution in [-0.4, -0.2) is 21.4 Å². The van der Waals surface area contributed by atoms with Crippen LogP contribution in [0.2, 0.25) is 0 Å². The van der Waals surface area contributed by atoms with Crippen LogP contribution < -0.4 is 4.74 Å². The number of alkyl halides is 1. The number of carbonyl (C=O) groups excluding carboxylic acids is 1. The summed E-state index contributed by atoms with van der Waals surface area (Å²) in [4.78, 5) is 11.8. The molecule has 0 bridgehead atoms. The lowest BCUT2D eigenvalue weighted by atomic mass is 10.0. The van der Waals surface area contributed by atoms with E-state index in [0.717, 1.165) is 19.3 Å². The van der Waals surface area contributed by atoms with Crippen molar-refractivity contribution in [1.82, 2.24) is 0 Å². The van der Waals surface area contributed by atoms with E-state index in [-0.39, 0.29) is 11.5 Å². The smallest absolute Gasteiger partial charge is 0.410 e. The first-order valence-corrected chi connectivity index (χ1v) is 6.26. The standard InChI is InChI=1S/C13H17ClO4/c1-2-3-4-8-12(15)10-6-5-7-11(9-10)18-13(14,16)17/h5-7,9,16-17H,2-4,8H2,1H3. The van der Waals surface area contributed by atoms with Crippen molar-refractivity contribution in [2.24, 2.45) is 0 Å². The molecule has 0 heterocycles. The topological polar surface area (TPSA) is 66.8 Å². The van der Waals surface area contributed by atoms with Gasteiger partial charge in [0.05, 0.1) is 0 Å². The molecular weight excluding hydrogens is 256 g/mol. The normalized spacial score (nSPS) is 11.3. The molecule has 1 rings (SSSR count). The number of ketones is 1. The molecule has 18 heavy (non-hydrogen) atoms. The first-order valence-electron chi connectivity index (χ1n) is 5.88. The van der Waals surface area contributed by atoms with E-state index in [1.165, 1.54) is 12.1 Å². The Morgan fingerprint density at radius 3 is 2.72 bits per heavy atom. The van der Waals surface area contributed by atoms with Gasteiger partial charge in [0.2, 0.25) is 0 Å². The van der Waals surface area contributed by atoms with Crippen molar-refractivity contribution >= 4 is 17.4 Å². The fourth-order valence-corrected chi connectivity index (χ4v) is 1.65. The molecule has 0 radical (unpaired) electrons. The molecule has 5 heteroatoms. The van der Waals surface area contributed by atoms with E-state index in [9.17, 15) is 4.79 Å². The largest absolute Gasteiger partial charge is 0.427 e. The Hall–Kier alpha value is -1.10. The van der Waals surface area contributed by atoms with Crippen LogP contribution in [0.25, 0.3) is 0 Å². The van der Waals surface area contributed by atoms with E-state index >= 15 is 0 Å². The molecule has 4 nitrogen and oxygen atoms in total. The number of rotatable bonds is 7. The maximum Gasteiger partial charge on any atom is 0.410 e. The molecule has 0 aliphatic rings. The molecule has 0 fully saturated rings. The number of halogens is 1. The van der Waals surface area contributed by atoms with Gasteiger partial charge in [0.1, 0.15) is 5.75 Å². The van der Waals surface area contributed by atoms with Crippen LogP contribution in [0.15, 0.2) is 24.3 Å². The van der Waals surface area contributed by atoms with Gasteiger partial charge in [-0.1, -0.05) is 31.9 Å². The highest BCUT2D eigenvalue weighted by Crippen LogP contribution is 2.20. The molecule has 2 N–H and O–H groups in total. The van der Waals surface area contributed by atoms with Crippen molar-refractivity contribution in [3.8, 4) is 5.75 Å². The van der Waals surface area contributed by atoms with Gasteiger partial charge in [-0.2, -0.15) is 0 Å². The van der Waals surface area contributed by atoms with Gasteiger partial charge in [-0.05, 0) is 30.2 Å². The zero-order valence-corrected chi connectivity index (χ0v) is 11.0. The van der Waals surface area contributed by atoms with Gasteiger partial charge in [-0.25, -0.2) is 0 Å². The summed E-state index contributed by atoms with van der Waals surface area (Å²) in [6, 6.07) is 6.20. The van der Waals surface area contributed by atoms with Crippen molar-refractivity contribution in [2.45, 2.75) is 38.0 Å². The Kier molecular flexibility index (Phi) is 5.59. The lowest BCUT2D eigenvalue weighted by Gasteiger charge is -2.15. The molecule has 100 valence electrons. The number of aliphatic hydroxyl groups is 2. The highest BCUT2D eigenvalue weighted by molar-refractivity contribution is 6.20. The molecule has 0 aromatic heterocycles. The third-order valence-corrected chi connectivity index (χ3v) is 2.49. The fourth-order valence-electron chi connectivity index (χ4n) is 1.56. The van der Waals surface area contributed by atoms with Gasteiger partial charge < -0.3 is 14.9 Å². The minimum absolute atomic E-state index is 0.00459. The first kappa shape index (κ1) is 15.0. The second-order valence-electron chi connectivity index (χ2n) is 4.04. The average Bonchev–Trinajstić information content (AvgIpc) is 2.27. The van der Waals surface area contributed by atoms with Crippen LogP contribution in [-0.2, 0) is 0 Å². The second-order valence-corrected chi connectivity index (χ2v) is 4.53. The molecule has 0 aliphatic carbocycles. The third-order valence-electron chi connectivity index (χ3n) is 2.41. The Morgan fingerprint density at radius 2 is 2.11 bits per heavy atom. The Balaban J connectivity index is 2.66. The van der Waals surface area contributed by atoms with E-state index in [1.807, 2.05) is 0 Å². The van der Waals surface area contributed by atoms with E-state index in [0.29, 0.717) is 12.0 Å². The molecule has 1 aromatic carbocycles. The van der Waals surface area contributed by atoms with Crippen LogP contribution in [0.4, 0.5) is 0 Å². The van der Waals surface area contributed by atoms with E-state index in [1.54, 1.807) is 12.1 Å². The summed E-state index contributed by atoms with van der Waals surface area (Å²) in [5, 5.41) is 17.8. The van der Waals surface area contributed by atoms with Crippen molar-refractivity contribution in [3.05, 3.63) is 29.8 Å². The fraction of sp³-hybridized carbons (Fsp3) is 0.462. The van der Waals surface area contributed by atoms with E-state index in [4.69, 9.17) is 21.8 Å². The monoisotopic (exact) mass is 272 g/mol. The van der Waals surface area contributed by atoms with Gasteiger partial charge in [0.25, 0.3) is 0 Å². The van der Waals surface area contributed by atoms with Crippen molar-refractivity contribution < 1.29 is 19.7 Å². The molecule has 0 saturated heterocycles. The number of ether oxygens (including phenoxy) is 1. The summed E-state index contributed by atoms with van der Waals surface area (Å²) >= 11 is 5.11. The summed E-state index contributed by atoms with van der Waals surface area (Å²) in [6.45, 7) is 2.07. The zero-order chi connectivity index (χ0) is 13.6. The highest BCUT2D eigenvalue weighted by atomic mass is 35.5. The van der Waals surface area contributed by atoms with Crippen LogP contribution in [0.1, 0.15) is 43.0 Å². The maximum atomic E-state index is 11.8. The van der Waals surface area contributed by atoms with Crippen molar-refractivity contribution in [1.29, 1.82) is 0 Å². The third kappa shape index (κ3) is 5.49. The number of hydrogen-bond donors (Lipinski definition) is 2. The Bertz CT molecular complexity index is 398. The minimum Gasteiger partial charge on any atom is -0.427 e. The predicted octanol–water partition coefficient (Wildman–Crippen LogP) is 2.66. The number of unbranched alkanes of at least 4 members (excludes halogenated alkanes) is 2. The predicted molar refractivity (Wildman–Crippen MR) is 68.6 cm³/mol. The van der Waals surface area contributed by atoms with E-state index in [2.05, 4.69) is 11.7 Å². The van der Waals surface area contributed by atoms with Crippen LogP contribution in [0, 0.1) is 0 Å². The summed E-state index contributed by atoms with van der Waals surface area (Å²) < 4.78 is 4.64. The molecule has 0 unspecified atom stereocenters. The average molecular weight is 273 g/mol. The second kappa shape index (κ2) is 6.73. The van der Waals surface area contributed by atoms with Crippen molar-refractivity contribution in [2.75, 3.05) is 0 Å². The van der Waals surface area contributed by atoms with Gasteiger partial charge in [0.15, 0.2) is 5.78 Å². The lowest BCUT2D eigenvalue weighted by molar-refractivity contribution is -0.222. The van der Waals surface area contributed by atoms with Crippen LogP contribution in [0.5, 0.6) is 5.75 Å². The van der Waals surface area contributed by atoms with Gasteiger partial charge >= 0.3 is 5.43 Å². The number of Topliss-reactive ketones (excluding diaryl/α,β-unsaturated/α-hetero) is 1. The summed E-state index contributed by atoms with van der Waals surface area (Å²) in [5.41, 5.74) is -2.28. The summed E-state index contributed by atoms with van der Waals surface area (Å²) in [6.07, 6.45) is 3.39. The zero-order valence-electron chi connectivity index (χ0n) is 10.2. The summed E-state index contributed by atoms with van der Waals surface area (Å²) in [5.74, 6) is 0.140. The number of benzene rings is 1. The molecule has 0 saturated carbocycles. The van der Waals surface area contributed by atoms with Gasteiger partial charge in [-0.15, -0.1) is 0 Å². The molecule has 1 aromatic rings. The van der Waals surface area contributed by atoms with Crippen molar-refractivity contribution in [3.63, 3.8) is 0 Å². The quantitative estimate of drug-likeness (QED) is 0.347. The highest BCUT2D eigenvalue weighted by Gasteiger charge is 2.21. The lowest BCUT2D eigenvalue weighted by Crippen LogP contribution is -2.27. The maximum absolute atomic E-state index is 11.8. The van der Waals surface area contributed by atoms with Gasteiger partial charge in [0, 0.05) is 12.0 Å². The molecule has 0 spiro atoms. The van der Waals surface area contributed by atoms with Gasteiger partial charge in [-0.3, -0.25) is 4.79 Å². The minimum atomic E-state index is -2.76. The number of hydrogen-bond acceptors (Lipinski definition) is 4.